The summed E-state index contributed by atoms with van der Waals surface area (Å²) in [7, 11) is 0. The first-order valence-electron chi connectivity index (χ1n) is 13.1. The third-order valence-electron chi connectivity index (χ3n) is 5.93. The molecule has 4 aromatic rings. The highest BCUT2D eigenvalue weighted by Gasteiger charge is 2.24. The van der Waals surface area contributed by atoms with Gasteiger partial charge in [-0.15, -0.1) is 0 Å². The van der Waals surface area contributed by atoms with Crippen LogP contribution in [-0.2, 0) is 11.3 Å². The standard InChI is InChI=1S/C30H31F3N4O5/c1-18-26(37-14-6-9-25(27(37)35-18)41-17-22-23(32)7-5-8-24(22)33)28(38)36-20(15-34-29(39)42-30(2,3)4)16-40-21-12-10-19(31)11-13-21/h5-14,20H,15-17H2,1-4H3,(H,34,39)(H,36,38). The smallest absolute Gasteiger partial charge is 0.407 e. The van der Waals surface area contributed by atoms with Gasteiger partial charge >= 0.3 is 6.09 Å². The van der Waals surface area contributed by atoms with E-state index in [4.69, 9.17) is 14.2 Å². The predicted octanol–water partition coefficient (Wildman–Crippen LogP) is 5.34. The van der Waals surface area contributed by atoms with Crippen molar-refractivity contribution in [3.05, 3.63) is 95.2 Å². The van der Waals surface area contributed by atoms with Crippen molar-refractivity contribution >= 4 is 17.6 Å². The van der Waals surface area contributed by atoms with Crippen LogP contribution < -0.4 is 20.1 Å². The summed E-state index contributed by atoms with van der Waals surface area (Å²) in [5, 5.41) is 5.45. The number of carbonyl (C=O) groups excluding carboxylic acids is 2. The Morgan fingerprint density at radius 1 is 0.976 bits per heavy atom. The molecule has 2 aromatic heterocycles. The number of nitrogens with zero attached hydrogens (tertiary/aromatic N) is 2. The summed E-state index contributed by atoms with van der Waals surface area (Å²) in [6.45, 7) is 6.31. The molecule has 0 aliphatic heterocycles. The number of pyridine rings is 1. The molecule has 4 rings (SSSR count). The number of aromatic nitrogens is 2. The molecule has 9 nitrogen and oxygen atoms in total. The Morgan fingerprint density at radius 3 is 2.33 bits per heavy atom. The van der Waals surface area contributed by atoms with E-state index in [2.05, 4.69) is 15.6 Å². The molecule has 0 aliphatic rings. The fraction of sp³-hybridized carbons (Fsp3) is 0.300. The van der Waals surface area contributed by atoms with Crippen LogP contribution in [0.25, 0.3) is 5.65 Å². The van der Waals surface area contributed by atoms with E-state index in [9.17, 15) is 22.8 Å². The van der Waals surface area contributed by atoms with E-state index < -0.39 is 41.1 Å². The zero-order valence-corrected chi connectivity index (χ0v) is 23.5. The van der Waals surface area contributed by atoms with Gasteiger partial charge in [-0.1, -0.05) is 6.07 Å². The van der Waals surface area contributed by atoms with Gasteiger partial charge in [0.05, 0.1) is 17.3 Å². The van der Waals surface area contributed by atoms with Gasteiger partial charge in [0.2, 0.25) is 0 Å². The highest BCUT2D eigenvalue weighted by atomic mass is 19.1. The Morgan fingerprint density at radius 2 is 1.67 bits per heavy atom. The van der Waals surface area contributed by atoms with Crippen LogP contribution >= 0.6 is 0 Å². The first-order valence-corrected chi connectivity index (χ1v) is 13.1. The SMILES string of the molecule is Cc1nc2c(OCc3c(F)cccc3F)cccn2c1C(=O)NC(CNC(=O)OC(C)(C)C)COc1ccc(F)cc1. The Labute approximate surface area is 240 Å². The number of amides is 2. The molecule has 12 heteroatoms. The molecule has 0 radical (unpaired) electrons. The van der Waals surface area contributed by atoms with Crippen molar-refractivity contribution in [2.75, 3.05) is 13.2 Å². The number of nitrogens with one attached hydrogen (secondary N) is 2. The first kappa shape index (κ1) is 30.2. The van der Waals surface area contributed by atoms with Gasteiger partial charge in [-0.3, -0.25) is 9.20 Å². The van der Waals surface area contributed by atoms with Crippen LogP contribution in [0, 0.1) is 24.4 Å². The third kappa shape index (κ3) is 7.71. The Hall–Kier alpha value is -4.74. The highest BCUT2D eigenvalue weighted by molar-refractivity contribution is 5.95. The van der Waals surface area contributed by atoms with Crippen molar-refractivity contribution in [2.24, 2.45) is 0 Å². The minimum absolute atomic E-state index is 0.0415. The van der Waals surface area contributed by atoms with Crippen molar-refractivity contribution in [1.29, 1.82) is 0 Å². The molecule has 222 valence electrons. The van der Waals surface area contributed by atoms with Crippen LogP contribution in [-0.4, -0.2) is 46.2 Å². The van der Waals surface area contributed by atoms with E-state index in [1.165, 1.54) is 34.7 Å². The van der Waals surface area contributed by atoms with Crippen LogP contribution in [0.2, 0.25) is 0 Å². The summed E-state index contributed by atoms with van der Waals surface area (Å²) in [5.74, 6) is -1.86. The highest BCUT2D eigenvalue weighted by Crippen LogP contribution is 2.24. The zero-order valence-electron chi connectivity index (χ0n) is 23.5. The maximum Gasteiger partial charge on any atom is 0.407 e. The molecule has 2 heterocycles. The number of ether oxygens (including phenoxy) is 3. The van der Waals surface area contributed by atoms with Crippen LogP contribution in [0.15, 0.2) is 60.8 Å². The monoisotopic (exact) mass is 584 g/mol. The second kappa shape index (κ2) is 12.8. The van der Waals surface area contributed by atoms with E-state index >= 15 is 0 Å². The van der Waals surface area contributed by atoms with Crippen molar-refractivity contribution in [1.82, 2.24) is 20.0 Å². The number of alkyl carbamates (subject to hydrolysis) is 1. The molecular weight excluding hydrogens is 553 g/mol. The molecule has 0 bridgehead atoms. The predicted molar refractivity (Wildman–Crippen MR) is 148 cm³/mol. The van der Waals surface area contributed by atoms with Crippen molar-refractivity contribution in [2.45, 2.75) is 45.9 Å². The quantitative estimate of drug-likeness (QED) is 0.261. The summed E-state index contributed by atoms with van der Waals surface area (Å²) in [6, 6.07) is 11.4. The van der Waals surface area contributed by atoms with Gasteiger partial charge in [0.1, 0.15) is 47.7 Å². The van der Waals surface area contributed by atoms with E-state index in [-0.39, 0.29) is 42.4 Å². The van der Waals surface area contributed by atoms with Gasteiger partial charge in [-0.05, 0) is 76.2 Å². The van der Waals surface area contributed by atoms with Gasteiger partial charge in [-0.2, -0.15) is 0 Å². The number of hydrogen-bond donors (Lipinski definition) is 2. The number of aryl methyl sites for hydroxylation is 1. The molecular formula is C30H31F3N4O5. The minimum atomic E-state index is -0.740. The van der Waals surface area contributed by atoms with Gasteiger partial charge < -0.3 is 24.8 Å². The Balaban J connectivity index is 1.52. The molecule has 1 unspecified atom stereocenters. The Bertz CT molecular complexity index is 1550. The molecule has 0 fully saturated rings. The lowest BCUT2D eigenvalue weighted by Gasteiger charge is -2.23. The van der Waals surface area contributed by atoms with Crippen LogP contribution in [0.4, 0.5) is 18.0 Å². The average molecular weight is 585 g/mol. The molecule has 0 saturated carbocycles. The Kier molecular flexibility index (Phi) is 9.24. The van der Waals surface area contributed by atoms with E-state index in [0.29, 0.717) is 11.4 Å². The molecule has 2 amide bonds. The number of carbonyl (C=O) groups is 2. The summed E-state index contributed by atoms with van der Waals surface area (Å²) < 4.78 is 59.7. The average Bonchev–Trinajstić information content (AvgIpc) is 3.26. The van der Waals surface area contributed by atoms with E-state index in [1.54, 1.807) is 46.0 Å². The number of imidazole rings is 1. The fourth-order valence-electron chi connectivity index (χ4n) is 4.02. The molecule has 42 heavy (non-hydrogen) atoms. The summed E-state index contributed by atoms with van der Waals surface area (Å²) in [5.41, 5.74) is -0.153. The molecule has 0 aliphatic carbocycles. The number of fused-ring (bicyclic) bond motifs is 1. The molecule has 0 saturated heterocycles. The molecule has 1 atom stereocenters. The normalized spacial score (nSPS) is 12.1. The van der Waals surface area contributed by atoms with Gasteiger partial charge in [-0.25, -0.2) is 22.9 Å². The topological polar surface area (TPSA) is 103 Å². The maximum atomic E-state index is 14.1. The summed E-state index contributed by atoms with van der Waals surface area (Å²) in [6.07, 6.45) is 0.923. The molecule has 2 N–H and O–H groups in total. The van der Waals surface area contributed by atoms with Crippen LogP contribution in [0.3, 0.4) is 0 Å². The zero-order chi connectivity index (χ0) is 30.4. The molecule has 0 spiro atoms. The lowest BCUT2D eigenvalue weighted by atomic mass is 10.2. The second-order valence-electron chi connectivity index (χ2n) is 10.4. The van der Waals surface area contributed by atoms with Crippen molar-refractivity contribution < 1.29 is 37.0 Å². The van der Waals surface area contributed by atoms with Crippen molar-refractivity contribution in [3.8, 4) is 11.5 Å². The van der Waals surface area contributed by atoms with Gasteiger partial charge in [0.25, 0.3) is 5.91 Å². The van der Waals surface area contributed by atoms with Gasteiger partial charge in [0, 0.05) is 12.7 Å². The largest absolute Gasteiger partial charge is 0.491 e. The van der Waals surface area contributed by atoms with E-state index in [1.807, 2.05) is 0 Å². The maximum absolute atomic E-state index is 14.1. The first-order chi connectivity index (χ1) is 19.9. The second-order valence-corrected chi connectivity index (χ2v) is 10.4. The third-order valence-corrected chi connectivity index (χ3v) is 5.93. The van der Waals surface area contributed by atoms with Crippen LogP contribution in [0.5, 0.6) is 11.5 Å². The molecule has 2 aromatic carbocycles. The van der Waals surface area contributed by atoms with Crippen molar-refractivity contribution in [3.63, 3.8) is 0 Å². The summed E-state index contributed by atoms with van der Waals surface area (Å²) >= 11 is 0. The lowest BCUT2D eigenvalue weighted by Crippen LogP contribution is -2.48. The summed E-state index contributed by atoms with van der Waals surface area (Å²) in [4.78, 5) is 30.2. The van der Waals surface area contributed by atoms with Crippen LogP contribution in [0.1, 0.15) is 42.5 Å². The van der Waals surface area contributed by atoms with Gasteiger partial charge in [0.15, 0.2) is 11.4 Å². The lowest BCUT2D eigenvalue weighted by molar-refractivity contribution is 0.0515. The number of hydrogen-bond acceptors (Lipinski definition) is 6. The number of benzene rings is 2. The minimum Gasteiger partial charge on any atom is -0.491 e. The van der Waals surface area contributed by atoms with E-state index in [0.717, 1.165) is 12.1 Å². The fourth-order valence-corrected chi connectivity index (χ4v) is 4.02. The number of rotatable bonds is 10. The number of halogens is 3.